The second kappa shape index (κ2) is 4.64. The van der Waals surface area contributed by atoms with Crippen molar-refractivity contribution in [2.45, 2.75) is 20.8 Å². The molecular weight excluding hydrogens is 164 g/mol. The van der Waals surface area contributed by atoms with Gasteiger partial charge in [-0.1, -0.05) is 0 Å². The van der Waals surface area contributed by atoms with E-state index >= 15 is 0 Å². The van der Waals surface area contributed by atoms with Crippen LogP contribution in [0.2, 0.25) is 0 Å². The maximum absolute atomic E-state index is 4.15. The Kier molecular flexibility index (Phi) is 3.49. The molecule has 0 radical (unpaired) electrons. The first kappa shape index (κ1) is 9.77. The van der Waals surface area contributed by atoms with Crippen LogP contribution in [0.25, 0.3) is 0 Å². The van der Waals surface area contributed by atoms with E-state index < -0.39 is 0 Å². The van der Waals surface area contributed by atoms with E-state index in [1.165, 1.54) is 0 Å². The second-order valence-corrected chi connectivity index (χ2v) is 2.76. The molecule has 0 fully saturated rings. The molecule has 0 aromatic carbocycles. The highest BCUT2D eigenvalue weighted by Crippen LogP contribution is 2.17. The predicted molar refractivity (Wildman–Crippen MR) is 55.1 cm³/mol. The molecule has 1 heterocycles. The van der Waals surface area contributed by atoms with Crippen molar-refractivity contribution < 1.29 is 0 Å². The lowest BCUT2D eigenvalue weighted by Gasteiger charge is -2.10. The van der Waals surface area contributed by atoms with E-state index in [1.54, 1.807) is 6.33 Å². The molecule has 0 amide bonds. The van der Waals surface area contributed by atoms with Gasteiger partial charge in [-0.05, 0) is 20.8 Å². The fourth-order valence-corrected chi connectivity index (χ4v) is 1.14. The number of hydrogen-bond acceptors (Lipinski definition) is 4. The zero-order valence-corrected chi connectivity index (χ0v) is 8.39. The largest absolute Gasteiger partial charge is 0.370 e. The minimum Gasteiger partial charge on any atom is -0.370 e. The van der Waals surface area contributed by atoms with E-state index in [0.29, 0.717) is 0 Å². The zero-order chi connectivity index (χ0) is 9.68. The SMILES string of the molecule is CCNc1ncnc(NCC)c1C. The highest BCUT2D eigenvalue weighted by Gasteiger charge is 2.03. The van der Waals surface area contributed by atoms with Gasteiger partial charge in [0.05, 0.1) is 0 Å². The lowest BCUT2D eigenvalue weighted by molar-refractivity contribution is 1.06. The van der Waals surface area contributed by atoms with E-state index in [0.717, 1.165) is 30.3 Å². The van der Waals surface area contributed by atoms with E-state index in [1.807, 2.05) is 6.92 Å². The van der Waals surface area contributed by atoms with Gasteiger partial charge in [0.2, 0.25) is 0 Å². The third-order valence-corrected chi connectivity index (χ3v) is 1.77. The molecule has 0 unspecified atom stereocenters. The third kappa shape index (κ3) is 2.31. The Balaban J connectivity index is 2.89. The van der Waals surface area contributed by atoms with Crippen molar-refractivity contribution in [1.29, 1.82) is 0 Å². The molecule has 0 atom stereocenters. The number of rotatable bonds is 4. The molecule has 2 N–H and O–H groups in total. The van der Waals surface area contributed by atoms with Gasteiger partial charge >= 0.3 is 0 Å². The summed E-state index contributed by atoms with van der Waals surface area (Å²) < 4.78 is 0. The summed E-state index contributed by atoms with van der Waals surface area (Å²) in [5, 5.41) is 6.37. The van der Waals surface area contributed by atoms with Gasteiger partial charge in [-0.15, -0.1) is 0 Å². The van der Waals surface area contributed by atoms with Gasteiger partial charge in [0, 0.05) is 18.7 Å². The Morgan fingerprint density at radius 2 is 1.54 bits per heavy atom. The van der Waals surface area contributed by atoms with Crippen LogP contribution in [0, 0.1) is 6.92 Å². The summed E-state index contributed by atoms with van der Waals surface area (Å²) in [6, 6.07) is 0. The highest BCUT2D eigenvalue weighted by atomic mass is 15.1. The molecule has 4 heteroatoms. The van der Waals surface area contributed by atoms with Crippen molar-refractivity contribution in [1.82, 2.24) is 9.97 Å². The fraction of sp³-hybridized carbons (Fsp3) is 0.556. The summed E-state index contributed by atoms with van der Waals surface area (Å²) in [6.45, 7) is 7.87. The van der Waals surface area contributed by atoms with Crippen LogP contribution in [0.4, 0.5) is 11.6 Å². The number of nitrogens with one attached hydrogen (secondary N) is 2. The molecular formula is C9H16N4. The number of hydrogen-bond donors (Lipinski definition) is 2. The van der Waals surface area contributed by atoms with Gasteiger partial charge in [0.15, 0.2) is 0 Å². The Bertz CT molecular complexity index is 248. The molecule has 0 saturated carbocycles. The van der Waals surface area contributed by atoms with Crippen molar-refractivity contribution in [3.63, 3.8) is 0 Å². The van der Waals surface area contributed by atoms with Gasteiger partial charge in [0.25, 0.3) is 0 Å². The first-order chi connectivity index (χ1) is 6.29. The normalized spacial score (nSPS) is 9.77. The fourth-order valence-electron chi connectivity index (χ4n) is 1.14. The molecule has 0 aliphatic carbocycles. The molecule has 13 heavy (non-hydrogen) atoms. The van der Waals surface area contributed by atoms with Gasteiger partial charge in [-0.3, -0.25) is 0 Å². The van der Waals surface area contributed by atoms with Crippen molar-refractivity contribution >= 4 is 11.6 Å². The van der Waals surface area contributed by atoms with E-state index in [-0.39, 0.29) is 0 Å². The Labute approximate surface area is 78.8 Å². The Morgan fingerprint density at radius 1 is 1.08 bits per heavy atom. The van der Waals surface area contributed by atoms with Crippen molar-refractivity contribution in [3.8, 4) is 0 Å². The standard InChI is InChI=1S/C9H16N4/c1-4-10-8-7(3)9(11-5-2)13-6-12-8/h6H,4-5H2,1-3H3,(H2,10,11,12,13). The van der Waals surface area contributed by atoms with Crippen LogP contribution in [-0.4, -0.2) is 23.1 Å². The van der Waals surface area contributed by atoms with Crippen LogP contribution < -0.4 is 10.6 Å². The molecule has 1 aromatic rings. The summed E-state index contributed by atoms with van der Waals surface area (Å²) in [5.74, 6) is 1.82. The highest BCUT2D eigenvalue weighted by molar-refractivity contribution is 5.56. The average molecular weight is 180 g/mol. The van der Waals surface area contributed by atoms with Crippen LogP contribution >= 0.6 is 0 Å². The van der Waals surface area contributed by atoms with Crippen LogP contribution in [-0.2, 0) is 0 Å². The van der Waals surface area contributed by atoms with Crippen molar-refractivity contribution in [2.24, 2.45) is 0 Å². The molecule has 72 valence electrons. The molecule has 0 aliphatic heterocycles. The molecule has 1 aromatic heterocycles. The molecule has 0 aliphatic rings. The van der Waals surface area contributed by atoms with E-state index in [4.69, 9.17) is 0 Å². The van der Waals surface area contributed by atoms with Gasteiger partial charge in [-0.25, -0.2) is 9.97 Å². The summed E-state index contributed by atoms with van der Waals surface area (Å²) in [6.07, 6.45) is 1.57. The van der Waals surface area contributed by atoms with Gasteiger partial charge < -0.3 is 10.6 Å². The van der Waals surface area contributed by atoms with Crippen LogP contribution in [0.5, 0.6) is 0 Å². The summed E-state index contributed by atoms with van der Waals surface area (Å²) in [7, 11) is 0. The summed E-state index contributed by atoms with van der Waals surface area (Å²) in [4.78, 5) is 8.30. The lowest BCUT2D eigenvalue weighted by atomic mass is 10.3. The summed E-state index contributed by atoms with van der Waals surface area (Å²) in [5.41, 5.74) is 1.08. The number of nitrogens with zero attached hydrogens (tertiary/aromatic N) is 2. The maximum atomic E-state index is 4.15. The minimum atomic E-state index is 0.878. The maximum Gasteiger partial charge on any atom is 0.134 e. The average Bonchev–Trinajstić information content (AvgIpc) is 2.13. The quantitative estimate of drug-likeness (QED) is 0.739. The van der Waals surface area contributed by atoms with Crippen LogP contribution in [0.1, 0.15) is 19.4 Å². The Morgan fingerprint density at radius 3 is 1.92 bits per heavy atom. The number of aromatic nitrogens is 2. The van der Waals surface area contributed by atoms with Crippen LogP contribution in [0.15, 0.2) is 6.33 Å². The van der Waals surface area contributed by atoms with Crippen LogP contribution in [0.3, 0.4) is 0 Å². The second-order valence-electron chi connectivity index (χ2n) is 2.76. The smallest absolute Gasteiger partial charge is 0.134 e. The molecule has 0 spiro atoms. The molecule has 4 nitrogen and oxygen atoms in total. The number of anilines is 2. The first-order valence-corrected chi connectivity index (χ1v) is 4.58. The lowest BCUT2D eigenvalue weighted by Crippen LogP contribution is -2.07. The van der Waals surface area contributed by atoms with Gasteiger partial charge in [0.1, 0.15) is 18.0 Å². The first-order valence-electron chi connectivity index (χ1n) is 4.58. The zero-order valence-electron chi connectivity index (χ0n) is 8.39. The van der Waals surface area contributed by atoms with Crippen molar-refractivity contribution in [3.05, 3.63) is 11.9 Å². The topological polar surface area (TPSA) is 49.8 Å². The van der Waals surface area contributed by atoms with E-state index in [9.17, 15) is 0 Å². The minimum absolute atomic E-state index is 0.878. The molecule has 1 rings (SSSR count). The predicted octanol–water partition coefficient (Wildman–Crippen LogP) is 1.65. The van der Waals surface area contributed by atoms with Gasteiger partial charge in [-0.2, -0.15) is 0 Å². The third-order valence-electron chi connectivity index (χ3n) is 1.77. The molecule has 0 saturated heterocycles. The monoisotopic (exact) mass is 180 g/mol. The summed E-state index contributed by atoms with van der Waals surface area (Å²) >= 11 is 0. The van der Waals surface area contributed by atoms with E-state index in [2.05, 4.69) is 34.4 Å². The molecule has 0 bridgehead atoms. The Hall–Kier alpha value is -1.32. The van der Waals surface area contributed by atoms with Crippen molar-refractivity contribution in [2.75, 3.05) is 23.7 Å².